The van der Waals surface area contributed by atoms with Crippen molar-refractivity contribution in [2.24, 2.45) is 5.92 Å². The molecule has 2 aliphatic rings. The number of hydrogen-bond acceptors (Lipinski definition) is 5. The van der Waals surface area contributed by atoms with E-state index < -0.39 is 0 Å². The highest BCUT2D eigenvalue weighted by Gasteiger charge is 2.43. The fourth-order valence-electron chi connectivity index (χ4n) is 3.64. The van der Waals surface area contributed by atoms with Crippen LogP contribution in [-0.4, -0.2) is 67.9 Å². The van der Waals surface area contributed by atoms with Crippen LogP contribution in [0.2, 0.25) is 0 Å². The molecule has 130 valence electrons. The molecule has 0 bridgehead atoms. The van der Waals surface area contributed by atoms with Crippen LogP contribution in [0.15, 0.2) is 16.8 Å². The molecule has 0 aliphatic carbocycles. The molecule has 1 aromatic rings. The number of ether oxygens (including phenoxy) is 2. The van der Waals surface area contributed by atoms with E-state index in [2.05, 4.69) is 47.5 Å². The van der Waals surface area contributed by atoms with Crippen molar-refractivity contribution in [1.29, 1.82) is 0 Å². The first-order valence-corrected chi connectivity index (χ1v) is 9.66. The van der Waals surface area contributed by atoms with Crippen LogP contribution in [0.25, 0.3) is 0 Å². The van der Waals surface area contributed by atoms with Crippen LogP contribution in [0.4, 0.5) is 0 Å². The fourth-order valence-corrected chi connectivity index (χ4v) is 4.30. The number of nitrogens with zero attached hydrogens (tertiary/aromatic N) is 2. The smallest absolute Gasteiger partial charge is 0.104 e. The van der Waals surface area contributed by atoms with Crippen LogP contribution < -0.4 is 0 Å². The first-order valence-electron chi connectivity index (χ1n) is 8.72. The second-order valence-corrected chi connectivity index (χ2v) is 8.27. The van der Waals surface area contributed by atoms with Gasteiger partial charge in [0.2, 0.25) is 0 Å². The lowest BCUT2D eigenvalue weighted by Gasteiger charge is -2.31. The van der Waals surface area contributed by atoms with Crippen molar-refractivity contribution in [3.05, 3.63) is 22.4 Å². The molecule has 2 aliphatic heterocycles. The first-order chi connectivity index (χ1) is 11.1. The van der Waals surface area contributed by atoms with E-state index in [1.54, 1.807) is 11.3 Å². The van der Waals surface area contributed by atoms with E-state index in [9.17, 15) is 0 Å². The molecule has 5 heteroatoms. The zero-order chi connectivity index (χ0) is 16.3. The summed E-state index contributed by atoms with van der Waals surface area (Å²) in [5.41, 5.74) is 1.30. The fraction of sp³-hybridized carbons (Fsp3) is 0.778. The minimum absolute atomic E-state index is 0.102. The van der Waals surface area contributed by atoms with Crippen LogP contribution in [0, 0.1) is 5.92 Å². The summed E-state index contributed by atoms with van der Waals surface area (Å²) in [6, 6.07) is 2.81. The number of rotatable bonds is 5. The Morgan fingerprint density at radius 1 is 1.48 bits per heavy atom. The molecular weight excluding hydrogens is 308 g/mol. The van der Waals surface area contributed by atoms with E-state index in [-0.39, 0.29) is 5.60 Å². The van der Waals surface area contributed by atoms with Crippen LogP contribution in [-0.2, 0) is 16.0 Å². The molecule has 2 saturated heterocycles. The molecule has 0 amide bonds. The molecule has 23 heavy (non-hydrogen) atoms. The molecular formula is C18H30N2O2S. The zero-order valence-corrected chi connectivity index (χ0v) is 15.5. The first kappa shape index (κ1) is 17.4. The van der Waals surface area contributed by atoms with Crippen LogP contribution in [0.3, 0.4) is 0 Å². The lowest BCUT2D eigenvalue weighted by atomic mass is 9.93. The van der Waals surface area contributed by atoms with Crippen LogP contribution in [0.5, 0.6) is 0 Å². The third-order valence-electron chi connectivity index (χ3n) is 5.13. The van der Waals surface area contributed by atoms with Crippen molar-refractivity contribution in [3.8, 4) is 0 Å². The van der Waals surface area contributed by atoms with Gasteiger partial charge in [-0.2, -0.15) is 11.3 Å². The molecule has 0 saturated carbocycles. The predicted molar refractivity (Wildman–Crippen MR) is 95.0 cm³/mol. The monoisotopic (exact) mass is 338 g/mol. The van der Waals surface area contributed by atoms with Gasteiger partial charge in [-0.1, -0.05) is 0 Å². The molecule has 4 nitrogen and oxygen atoms in total. The SMILES string of the molecule is CC(C)N(C)C[C@@H]1CO[C@@]2(COCCN(Cc3ccsc3)C2)C1. The van der Waals surface area contributed by atoms with Gasteiger partial charge in [0.05, 0.1) is 19.8 Å². The normalized spacial score (nSPS) is 29.7. The molecule has 0 aromatic carbocycles. The summed E-state index contributed by atoms with van der Waals surface area (Å²) in [6.07, 6.45) is 1.12. The topological polar surface area (TPSA) is 24.9 Å². The Balaban J connectivity index is 1.59. The number of thiophene rings is 1. The maximum Gasteiger partial charge on any atom is 0.104 e. The maximum atomic E-state index is 6.31. The summed E-state index contributed by atoms with van der Waals surface area (Å²) in [6.45, 7) is 11.0. The zero-order valence-electron chi connectivity index (χ0n) is 14.7. The lowest BCUT2D eigenvalue weighted by molar-refractivity contribution is -0.0563. The highest BCUT2D eigenvalue weighted by atomic mass is 32.1. The van der Waals surface area contributed by atoms with Gasteiger partial charge in [-0.15, -0.1) is 0 Å². The second kappa shape index (κ2) is 7.62. The Bertz CT molecular complexity index is 479. The molecule has 1 aromatic heterocycles. The summed E-state index contributed by atoms with van der Waals surface area (Å²) < 4.78 is 12.2. The molecule has 0 N–H and O–H groups in total. The van der Waals surface area contributed by atoms with Gasteiger partial charge in [-0.25, -0.2) is 0 Å². The highest BCUT2D eigenvalue weighted by Crippen LogP contribution is 2.33. The maximum absolute atomic E-state index is 6.31. The largest absolute Gasteiger partial charge is 0.377 e. The predicted octanol–water partition coefficient (Wildman–Crippen LogP) is 2.70. The summed E-state index contributed by atoms with van der Waals surface area (Å²) in [4.78, 5) is 4.93. The Morgan fingerprint density at radius 3 is 3.09 bits per heavy atom. The van der Waals surface area contributed by atoms with E-state index in [1.165, 1.54) is 5.56 Å². The summed E-state index contributed by atoms with van der Waals surface area (Å²) >= 11 is 1.77. The van der Waals surface area contributed by atoms with Crippen molar-refractivity contribution in [2.75, 3.05) is 46.5 Å². The number of hydrogen-bond donors (Lipinski definition) is 0. The van der Waals surface area contributed by atoms with Crippen molar-refractivity contribution >= 4 is 11.3 Å². The van der Waals surface area contributed by atoms with Gasteiger partial charge in [0, 0.05) is 32.2 Å². The minimum atomic E-state index is -0.102. The quantitative estimate of drug-likeness (QED) is 0.824. The van der Waals surface area contributed by atoms with Gasteiger partial charge >= 0.3 is 0 Å². The van der Waals surface area contributed by atoms with Crippen molar-refractivity contribution in [3.63, 3.8) is 0 Å². The van der Waals surface area contributed by atoms with Crippen LogP contribution >= 0.6 is 11.3 Å². The average molecular weight is 339 g/mol. The molecule has 3 heterocycles. The van der Waals surface area contributed by atoms with Gasteiger partial charge in [-0.3, -0.25) is 4.90 Å². The Morgan fingerprint density at radius 2 is 2.35 bits per heavy atom. The summed E-state index contributed by atoms with van der Waals surface area (Å²) in [5.74, 6) is 0.618. The highest BCUT2D eigenvalue weighted by molar-refractivity contribution is 7.07. The minimum Gasteiger partial charge on any atom is -0.377 e. The van der Waals surface area contributed by atoms with Gasteiger partial charge < -0.3 is 14.4 Å². The van der Waals surface area contributed by atoms with E-state index >= 15 is 0 Å². The van der Waals surface area contributed by atoms with Gasteiger partial charge in [-0.05, 0) is 55.6 Å². The molecule has 2 atom stereocenters. The van der Waals surface area contributed by atoms with Crippen molar-refractivity contribution < 1.29 is 9.47 Å². The Hall–Kier alpha value is -0.460. The standard InChI is InChI=1S/C18H30N2O2S/c1-15(2)19(3)9-17-8-18(22-11-17)13-20(5-6-21-14-18)10-16-4-7-23-12-16/h4,7,12,15,17H,5-6,8-11,13-14H2,1-3H3/t17-,18+/m1/s1. The average Bonchev–Trinajstić information content (AvgIpc) is 3.09. The molecule has 0 unspecified atom stereocenters. The van der Waals surface area contributed by atoms with E-state index in [0.717, 1.165) is 52.4 Å². The van der Waals surface area contributed by atoms with E-state index in [0.29, 0.717) is 12.0 Å². The van der Waals surface area contributed by atoms with Crippen LogP contribution in [0.1, 0.15) is 25.8 Å². The Labute approximate surface area is 144 Å². The Kier molecular flexibility index (Phi) is 5.75. The third-order valence-corrected chi connectivity index (χ3v) is 5.86. The second-order valence-electron chi connectivity index (χ2n) is 7.49. The summed E-state index contributed by atoms with van der Waals surface area (Å²) in [5, 5.41) is 4.40. The van der Waals surface area contributed by atoms with Gasteiger partial charge in [0.1, 0.15) is 5.60 Å². The molecule has 0 radical (unpaired) electrons. The van der Waals surface area contributed by atoms with E-state index in [1.807, 2.05) is 0 Å². The third kappa shape index (κ3) is 4.54. The van der Waals surface area contributed by atoms with Crippen molar-refractivity contribution in [2.45, 2.75) is 38.5 Å². The van der Waals surface area contributed by atoms with Crippen molar-refractivity contribution in [1.82, 2.24) is 9.80 Å². The molecule has 2 fully saturated rings. The molecule has 1 spiro atoms. The summed E-state index contributed by atoms with van der Waals surface area (Å²) in [7, 11) is 2.21. The van der Waals surface area contributed by atoms with Gasteiger partial charge in [0.25, 0.3) is 0 Å². The van der Waals surface area contributed by atoms with E-state index in [4.69, 9.17) is 9.47 Å². The lowest BCUT2D eigenvalue weighted by Crippen LogP contribution is -2.44. The molecule has 3 rings (SSSR count). The van der Waals surface area contributed by atoms with Gasteiger partial charge in [0.15, 0.2) is 0 Å².